The first kappa shape index (κ1) is 11.4. The molecule has 0 aromatic carbocycles. The van der Waals surface area contributed by atoms with Crippen LogP contribution < -0.4 is 0 Å². The van der Waals surface area contributed by atoms with Crippen molar-refractivity contribution in [3.63, 3.8) is 0 Å². The molecule has 0 aliphatic heterocycles. The van der Waals surface area contributed by atoms with Gasteiger partial charge in [-0.2, -0.15) is 4.39 Å². The third-order valence-electron chi connectivity index (χ3n) is 1.67. The van der Waals surface area contributed by atoms with Crippen molar-refractivity contribution in [2.45, 2.75) is 12.8 Å². The number of carboxylic acids is 1. The van der Waals surface area contributed by atoms with Crippen LogP contribution >= 0.6 is 0 Å². The van der Waals surface area contributed by atoms with E-state index in [1.807, 2.05) is 0 Å². The van der Waals surface area contributed by atoms with Crippen LogP contribution in [0, 0.1) is 11.8 Å². The number of aliphatic carboxylic acids is 1. The van der Waals surface area contributed by atoms with E-state index in [-0.39, 0.29) is 0 Å². The maximum atomic E-state index is 12.9. The molecule has 15 heavy (non-hydrogen) atoms. The summed E-state index contributed by atoms with van der Waals surface area (Å²) in [6.07, 6.45) is -3.94. The number of rotatable bonds is 3. The third kappa shape index (κ3) is 2.42. The lowest BCUT2D eigenvalue weighted by atomic mass is 10.1. The second-order valence-electron chi connectivity index (χ2n) is 2.66. The van der Waals surface area contributed by atoms with Crippen LogP contribution in [0.4, 0.5) is 17.6 Å². The first-order chi connectivity index (χ1) is 6.93. The Balaban J connectivity index is 3.31. The third-order valence-corrected chi connectivity index (χ3v) is 1.67. The van der Waals surface area contributed by atoms with Gasteiger partial charge < -0.3 is 5.11 Å². The first-order valence-corrected chi connectivity index (χ1v) is 3.76. The van der Waals surface area contributed by atoms with Crippen LogP contribution in [-0.4, -0.2) is 16.1 Å². The van der Waals surface area contributed by atoms with Crippen LogP contribution in [0.25, 0.3) is 0 Å². The van der Waals surface area contributed by atoms with Gasteiger partial charge in [0.1, 0.15) is 5.82 Å². The summed E-state index contributed by atoms with van der Waals surface area (Å²) in [6, 6.07) is 0. The fraction of sp³-hybridized carbons (Fsp3) is 0.250. The normalized spacial score (nSPS) is 10.7. The molecule has 0 amide bonds. The van der Waals surface area contributed by atoms with Gasteiger partial charge in [-0.05, 0) is 0 Å². The molecule has 0 saturated carbocycles. The smallest absolute Gasteiger partial charge is 0.307 e. The SMILES string of the molecule is O=C(O)Cc1c(F)cnc(F)c1C(F)F. The van der Waals surface area contributed by atoms with Gasteiger partial charge in [0.05, 0.1) is 18.2 Å². The van der Waals surface area contributed by atoms with E-state index < -0.39 is 41.7 Å². The minimum Gasteiger partial charge on any atom is -0.481 e. The van der Waals surface area contributed by atoms with Gasteiger partial charge in [-0.1, -0.05) is 0 Å². The Morgan fingerprint density at radius 3 is 2.53 bits per heavy atom. The molecule has 0 aliphatic carbocycles. The highest BCUT2D eigenvalue weighted by molar-refractivity contribution is 5.70. The minimum absolute atomic E-state index is 0.374. The quantitative estimate of drug-likeness (QED) is 0.629. The van der Waals surface area contributed by atoms with E-state index in [0.717, 1.165) is 0 Å². The van der Waals surface area contributed by atoms with Gasteiger partial charge in [0.2, 0.25) is 5.95 Å². The van der Waals surface area contributed by atoms with Crippen LogP contribution in [0.2, 0.25) is 0 Å². The summed E-state index contributed by atoms with van der Waals surface area (Å²) in [6.45, 7) is 0. The van der Waals surface area contributed by atoms with Crippen molar-refractivity contribution in [1.29, 1.82) is 0 Å². The van der Waals surface area contributed by atoms with Gasteiger partial charge in [0, 0.05) is 5.56 Å². The van der Waals surface area contributed by atoms with Gasteiger partial charge in [0.25, 0.3) is 6.43 Å². The molecule has 0 radical (unpaired) electrons. The van der Waals surface area contributed by atoms with E-state index in [1.165, 1.54) is 0 Å². The molecule has 1 N–H and O–H groups in total. The monoisotopic (exact) mass is 223 g/mol. The summed E-state index contributed by atoms with van der Waals surface area (Å²) in [7, 11) is 0. The van der Waals surface area contributed by atoms with Crippen LogP contribution in [0.15, 0.2) is 6.20 Å². The van der Waals surface area contributed by atoms with E-state index >= 15 is 0 Å². The van der Waals surface area contributed by atoms with Crippen molar-refractivity contribution in [2.75, 3.05) is 0 Å². The highest BCUT2D eigenvalue weighted by atomic mass is 19.3. The largest absolute Gasteiger partial charge is 0.481 e. The van der Waals surface area contributed by atoms with E-state index in [9.17, 15) is 22.4 Å². The van der Waals surface area contributed by atoms with Gasteiger partial charge in [0.15, 0.2) is 0 Å². The molecule has 0 atom stereocenters. The molecule has 0 saturated heterocycles. The van der Waals surface area contributed by atoms with Crippen LogP contribution in [-0.2, 0) is 11.2 Å². The Hall–Kier alpha value is -1.66. The molecule has 7 heteroatoms. The Morgan fingerprint density at radius 2 is 2.07 bits per heavy atom. The topological polar surface area (TPSA) is 50.2 Å². The number of hydrogen-bond donors (Lipinski definition) is 1. The van der Waals surface area contributed by atoms with Crippen LogP contribution in [0.3, 0.4) is 0 Å². The van der Waals surface area contributed by atoms with Gasteiger partial charge >= 0.3 is 5.97 Å². The van der Waals surface area contributed by atoms with E-state index in [2.05, 4.69) is 4.98 Å². The maximum absolute atomic E-state index is 12.9. The summed E-state index contributed by atoms with van der Waals surface area (Å²) in [5.74, 6) is -4.34. The summed E-state index contributed by atoms with van der Waals surface area (Å²) in [4.78, 5) is 13.0. The molecular weight excluding hydrogens is 218 g/mol. The number of nitrogens with zero attached hydrogens (tertiary/aromatic N) is 1. The van der Waals surface area contributed by atoms with Crippen LogP contribution in [0.1, 0.15) is 17.6 Å². The number of halogens is 4. The summed E-state index contributed by atoms with van der Waals surface area (Å²) in [5.41, 5.74) is -2.16. The zero-order valence-corrected chi connectivity index (χ0v) is 7.18. The Labute approximate surface area is 81.4 Å². The lowest BCUT2D eigenvalue weighted by Gasteiger charge is -2.07. The summed E-state index contributed by atoms with van der Waals surface area (Å²) >= 11 is 0. The number of alkyl halides is 2. The number of carboxylic acid groups (broad SMARTS) is 1. The van der Waals surface area contributed by atoms with Crippen molar-refractivity contribution in [1.82, 2.24) is 4.98 Å². The number of carbonyl (C=O) groups is 1. The molecule has 0 fully saturated rings. The standard InChI is InChI=1S/C8H5F4NO2/c9-4-2-13-8(12)6(7(10)11)3(4)1-5(14)15/h2,7H,1H2,(H,14,15). The lowest BCUT2D eigenvalue weighted by Crippen LogP contribution is -2.10. The van der Waals surface area contributed by atoms with Gasteiger partial charge in [-0.15, -0.1) is 0 Å². The van der Waals surface area contributed by atoms with Gasteiger partial charge in [-0.25, -0.2) is 18.2 Å². The number of aromatic nitrogens is 1. The van der Waals surface area contributed by atoms with E-state index in [1.54, 1.807) is 0 Å². The Kier molecular flexibility index (Phi) is 3.23. The molecule has 1 aromatic rings. The summed E-state index contributed by atoms with van der Waals surface area (Å²) in [5, 5.41) is 8.33. The molecule has 1 rings (SSSR count). The molecule has 82 valence electrons. The Bertz CT molecular complexity index is 394. The van der Waals surface area contributed by atoms with Crippen molar-refractivity contribution >= 4 is 5.97 Å². The summed E-state index contributed by atoms with van der Waals surface area (Å²) < 4.78 is 50.3. The van der Waals surface area contributed by atoms with E-state index in [4.69, 9.17) is 5.11 Å². The predicted octanol–water partition coefficient (Wildman–Crippen LogP) is 1.92. The van der Waals surface area contributed by atoms with Crippen LogP contribution in [0.5, 0.6) is 0 Å². The average molecular weight is 223 g/mol. The molecule has 0 unspecified atom stereocenters. The zero-order valence-electron chi connectivity index (χ0n) is 7.18. The second-order valence-corrected chi connectivity index (χ2v) is 2.66. The van der Waals surface area contributed by atoms with Crippen molar-refractivity contribution < 1.29 is 27.5 Å². The van der Waals surface area contributed by atoms with Crippen molar-refractivity contribution in [2.24, 2.45) is 0 Å². The average Bonchev–Trinajstić information content (AvgIpc) is 2.10. The highest BCUT2D eigenvalue weighted by Crippen LogP contribution is 2.26. The number of pyridine rings is 1. The van der Waals surface area contributed by atoms with E-state index in [0.29, 0.717) is 6.20 Å². The molecule has 0 spiro atoms. The first-order valence-electron chi connectivity index (χ1n) is 3.76. The molecule has 1 aromatic heterocycles. The number of hydrogen-bond acceptors (Lipinski definition) is 2. The van der Waals surface area contributed by atoms with Gasteiger partial charge in [-0.3, -0.25) is 4.79 Å². The van der Waals surface area contributed by atoms with Crippen molar-refractivity contribution in [3.05, 3.63) is 29.1 Å². The predicted molar refractivity (Wildman–Crippen MR) is 40.4 cm³/mol. The molecule has 1 heterocycles. The molecule has 3 nitrogen and oxygen atoms in total. The fourth-order valence-corrected chi connectivity index (χ4v) is 1.07. The zero-order chi connectivity index (χ0) is 11.6. The minimum atomic E-state index is -3.30. The van der Waals surface area contributed by atoms with Crippen molar-refractivity contribution in [3.8, 4) is 0 Å². The lowest BCUT2D eigenvalue weighted by molar-refractivity contribution is -0.136. The molecular formula is C8H5F4NO2. The molecule has 0 bridgehead atoms. The fourth-order valence-electron chi connectivity index (χ4n) is 1.07. The highest BCUT2D eigenvalue weighted by Gasteiger charge is 2.24. The maximum Gasteiger partial charge on any atom is 0.307 e. The Morgan fingerprint density at radius 1 is 1.47 bits per heavy atom. The molecule has 0 aliphatic rings. The second kappa shape index (κ2) is 4.24.